The average molecular weight is 332 g/mol. The summed E-state index contributed by atoms with van der Waals surface area (Å²) >= 11 is 3.54. The second-order valence-corrected chi connectivity index (χ2v) is 6.48. The van der Waals surface area contributed by atoms with Gasteiger partial charge in [0.05, 0.1) is 0 Å². The molecule has 0 aliphatic rings. The van der Waals surface area contributed by atoms with Crippen molar-refractivity contribution in [1.82, 2.24) is 0 Å². The number of hydrogen-bond donors (Lipinski definition) is 1. The summed E-state index contributed by atoms with van der Waals surface area (Å²) in [7, 11) is 0. The molecular formula is C18H22BrN. The monoisotopic (exact) mass is 331 g/mol. The minimum atomic E-state index is 0.368. The number of benzene rings is 2. The van der Waals surface area contributed by atoms with E-state index >= 15 is 0 Å². The van der Waals surface area contributed by atoms with Crippen molar-refractivity contribution in [2.75, 3.05) is 6.54 Å². The highest BCUT2D eigenvalue weighted by molar-refractivity contribution is 9.10. The number of aryl methyl sites for hydroxylation is 3. The standard InChI is InChI=1S/C18H22BrN/c1-12-7-13(2)18(14(3)8-12)10-16(11-20)15-5-4-6-17(19)9-15/h4-9,16H,10-11,20H2,1-3H3. The maximum absolute atomic E-state index is 6.02. The second kappa shape index (κ2) is 6.55. The summed E-state index contributed by atoms with van der Waals surface area (Å²) in [5.41, 5.74) is 12.8. The molecule has 0 aliphatic heterocycles. The molecule has 0 radical (unpaired) electrons. The molecule has 1 unspecified atom stereocenters. The molecule has 2 heteroatoms. The SMILES string of the molecule is Cc1cc(C)c(CC(CN)c2cccc(Br)c2)c(C)c1. The molecule has 0 saturated heterocycles. The summed E-state index contributed by atoms with van der Waals surface area (Å²) in [6.07, 6.45) is 1.00. The summed E-state index contributed by atoms with van der Waals surface area (Å²) in [5.74, 6) is 0.368. The van der Waals surface area contributed by atoms with E-state index in [1.165, 1.54) is 27.8 Å². The van der Waals surface area contributed by atoms with Crippen molar-refractivity contribution >= 4 is 15.9 Å². The zero-order valence-corrected chi connectivity index (χ0v) is 14.0. The van der Waals surface area contributed by atoms with Gasteiger partial charge in [-0.25, -0.2) is 0 Å². The molecule has 0 spiro atoms. The molecule has 0 bridgehead atoms. The van der Waals surface area contributed by atoms with Crippen LogP contribution in [0.3, 0.4) is 0 Å². The maximum atomic E-state index is 6.02. The molecule has 0 saturated carbocycles. The number of rotatable bonds is 4. The van der Waals surface area contributed by atoms with Gasteiger partial charge in [0.2, 0.25) is 0 Å². The third kappa shape index (κ3) is 3.50. The Hall–Kier alpha value is -1.12. The van der Waals surface area contributed by atoms with E-state index in [1.807, 2.05) is 0 Å². The van der Waals surface area contributed by atoms with Crippen molar-refractivity contribution in [3.63, 3.8) is 0 Å². The van der Waals surface area contributed by atoms with Crippen molar-refractivity contribution in [2.24, 2.45) is 5.73 Å². The van der Waals surface area contributed by atoms with E-state index in [9.17, 15) is 0 Å². The topological polar surface area (TPSA) is 26.0 Å². The van der Waals surface area contributed by atoms with Crippen LogP contribution >= 0.6 is 15.9 Å². The molecule has 1 atom stereocenters. The van der Waals surface area contributed by atoms with Crippen LogP contribution in [0.1, 0.15) is 33.7 Å². The minimum Gasteiger partial charge on any atom is -0.330 e. The maximum Gasteiger partial charge on any atom is 0.0178 e. The molecule has 0 fully saturated rings. The van der Waals surface area contributed by atoms with Crippen LogP contribution in [-0.2, 0) is 6.42 Å². The van der Waals surface area contributed by atoms with E-state index in [-0.39, 0.29) is 0 Å². The van der Waals surface area contributed by atoms with E-state index in [1.54, 1.807) is 0 Å². The second-order valence-electron chi connectivity index (χ2n) is 5.57. The Labute approximate surface area is 130 Å². The van der Waals surface area contributed by atoms with Gasteiger partial charge in [-0.1, -0.05) is 45.8 Å². The van der Waals surface area contributed by atoms with Crippen LogP contribution in [0.15, 0.2) is 40.9 Å². The van der Waals surface area contributed by atoms with Crippen molar-refractivity contribution in [3.8, 4) is 0 Å². The lowest BCUT2D eigenvalue weighted by atomic mass is 9.87. The highest BCUT2D eigenvalue weighted by Gasteiger charge is 2.14. The first-order valence-corrected chi connectivity index (χ1v) is 7.83. The Morgan fingerprint density at radius 3 is 2.25 bits per heavy atom. The molecule has 20 heavy (non-hydrogen) atoms. The first-order valence-electron chi connectivity index (χ1n) is 7.03. The highest BCUT2D eigenvalue weighted by atomic mass is 79.9. The summed E-state index contributed by atoms with van der Waals surface area (Å²) in [6, 6.07) is 13.0. The van der Waals surface area contributed by atoms with E-state index < -0.39 is 0 Å². The first kappa shape index (κ1) is 15.3. The van der Waals surface area contributed by atoms with Crippen LogP contribution in [0.25, 0.3) is 0 Å². The third-order valence-electron chi connectivity index (χ3n) is 3.90. The summed E-state index contributed by atoms with van der Waals surface area (Å²) in [5, 5.41) is 0. The fourth-order valence-corrected chi connectivity index (χ4v) is 3.29. The number of nitrogens with two attached hydrogens (primary N) is 1. The van der Waals surface area contributed by atoms with Crippen LogP contribution in [0.4, 0.5) is 0 Å². The van der Waals surface area contributed by atoms with Gasteiger partial charge in [0.1, 0.15) is 0 Å². The van der Waals surface area contributed by atoms with E-state index in [0.717, 1.165) is 10.9 Å². The molecule has 106 valence electrons. The zero-order chi connectivity index (χ0) is 14.7. The lowest BCUT2D eigenvalue weighted by Gasteiger charge is -2.19. The fourth-order valence-electron chi connectivity index (χ4n) is 2.88. The van der Waals surface area contributed by atoms with Gasteiger partial charge >= 0.3 is 0 Å². The van der Waals surface area contributed by atoms with Crippen LogP contribution in [0.2, 0.25) is 0 Å². The van der Waals surface area contributed by atoms with Gasteiger partial charge in [-0.15, -0.1) is 0 Å². The molecule has 2 aromatic carbocycles. The third-order valence-corrected chi connectivity index (χ3v) is 4.39. The minimum absolute atomic E-state index is 0.368. The molecule has 0 aromatic heterocycles. The molecular weight excluding hydrogens is 310 g/mol. The van der Waals surface area contributed by atoms with Gasteiger partial charge in [0, 0.05) is 10.4 Å². The van der Waals surface area contributed by atoms with E-state index in [2.05, 4.69) is 73.1 Å². The molecule has 2 aromatic rings. The zero-order valence-electron chi connectivity index (χ0n) is 12.4. The lowest BCUT2D eigenvalue weighted by molar-refractivity contribution is 0.689. The Balaban J connectivity index is 2.32. The largest absolute Gasteiger partial charge is 0.330 e. The van der Waals surface area contributed by atoms with Gasteiger partial charge in [0.25, 0.3) is 0 Å². The van der Waals surface area contributed by atoms with Gasteiger partial charge in [-0.05, 0) is 68.1 Å². The molecule has 2 rings (SSSR count). The van der Waals surface area contributed by atoms with Gasteiger partial charge in [-0.2, -0.15) is 0 Å². The quantitative estimate of drug-likeness (QED) is 0.866. The normalized spacial score (nSPS) is 12.4. The Morgan fingerprint density at radius 1 is 1.05 bits per heavy atom. The van der Waals surface area contributed by atoms with Gasteiger partial charge in [-0.3, -0.25) is 0 Å². The first-order chi connectivity index (χ1) is 9.51. The summed E-state index contributed by atoms with van der Waals surface area (Å²) < 4.78 is 1.12. The van der Waals surface area contributed by atoms with E-state index in [4.69, 9.17) is 5.73 Å². The van der Waals surface area contributed by atoms with Gasteiger partial charge < -0.3 is 5.73 Å². The predicted octanol–water partition coefficient (Wildman–Crippen LogP) is 4.66. The number of hydrogen-bond acceptors (Lipinski definition) is 1. The molecule has 1 nitrogen and oxygen atoms in total. The molecule has 2 N–H and O–H groups in total. The predicted molar refractivity (Wildman–Crippen MR) is 90.3 cm³/mol. The van der Waals surface area contributed by atoms with E-state index in [0.29, 0.717) is 12.5 Å². The van der Waals surface area contributed by atoms with Crippen LogP contribution in [-0.4, -0.2) is 6.54 Å². The Morgan fingerprint density at radius 2 is 1.70 bits per heavy atom. The molecule has 0 heterocycles. The Bertz CT molecular complexity index is 581. The Kier molecular flexibility index (Phi) is 5.00. The van der Waals surface area contributed by atoms with Crippen molar-refractivity contribution in [3.05, 3.63) is 68.7 Å². The lowest BCUT2D eigenvalue weighted by Crippen LogP contribution is -2.16. The van der Waals surface area contributed by atoms with Crippen molar-refractivity contribution in [2.45, 2.75) is 33.1 Å². The molecule has 0 aliphatic carbocycles. The highest BCUT2D eigenvalue weighted by Crippen LogP contribution is 2.26. The fraction of sp³-hybridized carbons (Fsp3) is 0.333. The van der Waals surface area contributed by atoms with Crippen molar-refractivity contribution < 1.29 is 0 Å². The van der Waals surface area contributed by atoms with Crippen LogP contribution in [0.5, 0.6) is 0 Å². The van der Waals surface area contributed by atoms with Gasteiger partial charge in [0.15, 0.2) is 0 Å². The van der Waals surface area contributed by atoms with Crippen LogP contribution < -0.4 is 5.73 Å². The summed E-state index contributed by atoms with van der Waals surface area (Å²) in [6.45, 7) is 7.22. The number of halogens is 1. The summed E-state index contributed by atoms with van der Waals surface area (Å²) in [4.78, 5) is 0. The van der Waals surface area contributed by atoms with Crippen molar-refractivity contribution in [1.29, 1.82) is 0 Å². The molecule has 0 amide bonds. The average Bonchev–Trinajstić information content (AvgIpc) is 2.38. The smallest absolute Gasteiger partial charge is 0.0178 e. The van der Waals surface area contributed by atoms with Crippen LogP contribution in [0, 0.1) is 20.8 Å².